The maximum absolute atomic E-state index is 11.4. The zero-order valence-electron chi connectivity index (χ0n) is 10.1. The van der Waals surface area contributed by atoms with Gasteiger partial charge in [0.25, 0.3) is 0 Å². The summed E-state index contributed by atoms with van der Waals surface area (Å²) in [6, 6.07) is 8.33. The molecule has 0 aliphatic rings. The summed E-state index contributed by atoms with van der Waals surface area (Å²) in [5.41, 5.74) is 3.12. The molecule has 0 unspecified atom stereocenters. The maximum atomic E-state index is 11.4. The van der Waals surface area contributed by atoms with E-state index >= 15 is 0 Å². The Hall–Kier alpha value is -1.83. The molecule has 2 aromatic rings. The van der Waals surface area contributed by atoms with E-state index in [2.05, 4.69) is 35.8 Å². The van der Waals surface area contributed by atoms with E-state index in [1.54, 1.807) is 6.92 Å². The fourth-order valence-corrected chi connectivity index (χ4v) is 2.02. The minimum absolute atomic E-state index is 0.172. The second-order valence-corrected chi connectivity index (χ2v) is 4.41. The number of aryl methyl sites for hydroxylation is 1. The molecule has 0 bridgehead atoms. The zero-order valence-corrected chi connectivity index (χ0v) is 10.1. The van der Waals surface area contributed by atoms with Crippen LogP contribution in [0.5, 0.6) is 0 Å². The number of aromatic nitrogens is 1. The Bertz CT molecular complexity index is 551. The molecule has 2 rings (SSSR count). The van der Waals surface area contributed by atoms with Gasteiger partial charge in [0.15, 0.2) is 5.78 Å². The Kier molecular flexibility index (Phi) is 3.43. The molecule has 0 saturated carbocycles. The molecule has 1 aromatic heterocycles. The van der Waals surface area contributed by atoms with Gasteiger partial charge in [-0.3, -0.25) is 4.79 Å². The van der Waals surface area contributed by atoms with E-state index in [4.69, 9.17) is 0 Å². The van der Waals surface area contributed by atoms with Crippen molar-refractivity contribution in [2.75, 3.05) is 0 Å². The van der Waals surface area contributed by atoms with Gasteiger partial charge in [-0.1, -0.05) is 18.7 Å². The summed E-state index contributed by atoms with van der Waals surface area (Å²) in [6.07, 6.45) is 4.37. The first-order chi connectivity index (χ1) is 8.18. The van der Waals surface area contributed by atoms with Gasteiger partial charge < -0.3 is 4.98 Å². The molecular weight excluding hydrogens is 210 g/mol. The normalized spacial score (nSPS) is 10.6. The van der Waals surface area contributed by atoms with E-state index in [-0.39, 0.29) is 5.78 Å². The molecule has 0 fully saturated rings. The smallest absolute Gasteiger partial charge is 0.157 e. The van der Waals surface area contributed by atoms with Crippen LogP contribution in [0.1, 0.15) is 25.3 Å². The van der Waals surface area contributed by atoms with Gasteiger partial charge in [0.1, 0.15) is 0 Å². The predicted octanol–water partition coefficient (Wildman–Crippen LogP) is 3.64. The highest BCUT2D eigenvalue weighted by Crippen LogP contribution is 2.19. The zero-order chi connectivity index (χ0) is 12.3. The van der Waals surface area contributed by atoms with Gasteiger partial charge in [0.05, 0.1) is 0 Å². The number of allylic oxidation sites excluding steroid dienone is 1. The molecule has 17 heavy (non-hydrogen) atoms. The number of hydrogen-bond acceptors (Lipinski definition) is 1. The lowest BCUT2D eigenvalue weighted by molar-refractivity contribution is -0.115. The van der Waals surface area contributed by atoms with Crippen LogP contribution in [0.2, 0.25) is 0 Å². The van der Waals surface area contributed by atoms with Crippen LogP contribution >= 0.6 is 0 Å². The molecule has 0 radical (unpaired) electrons. The first kappa shape index (κ1) is 11.6. The summed E-state index contributed by atoms with van der Waals surface area (Å²) in [7, 11) is 0. The number of aromatic amines is 1. The van der Waals surface area contributed by atoms with E-state index in [9.17, 15) is 4.79 Å². The molecule has 1 heterocycles. The van der Waals surface area contributed by atoms with Crippen molar-refractivity contribution in [3.8, 4) is 0 Å². The van der Waals surface area contributed by atoms with Gasteiger partial charge in [-0.05, 0) is 43.0 Å². The first-order valence-corrected chi connectivity index (χ1v) is 5.92. The monoisotopic (exact) mass is 227 g/mol. The highest BCUT2D eigenvalue weighted by Gasteiger charge is 2.04. The Labute approximate surface area is 101 Å². The second-order valence-electron chi connectivity index (χ2n) is 4.41. The SMILES string of the molecule is C=C(C)C(=O)CCCc1cccc2[nH]ccc12. The average Bonchev–Trinajstić information content (AvgIpc) is 2.77. The Morgan fingerprint density at radius 3 is 2.94 bits per heavy atom. The van der Waals surface area contributed by atoms with Crippen molar-refractivity contribution in [3.05, 3.63) is 48.2 Å². The van der Waals surface area contributed by atoms with Crippen molar-refractivity contribution in [1.82, 2.24) is 4.98 Å². The van der Waals surface area contributed by atoms with Crippen molar-refractivity contribution >= 4 is 16.7 Å². The van der Waals surface area contributed by atoms with Crippen molar-refractivity contribution < 1.29 is 4.79 Å². The molecule has 0 aliphatic heterocycles. The molecule has 2 heteroatoms. The number of carbonyl (C=O) groups is 1. The van der Waals surface area contributed by atoms with Crippen molar-refractivity contribution in [3.63, 3.8) is 0 Å². The number of fused-ring (bicyclic) bond motifs is 1. The lowest BCUT2D eigenvalue weighted by atomic mass is 10.0. The van der Waals surface area contributed by atoms with Crippen LogP contribution in [0.25, 0.3) is 10.9 Å². The summed E-state index contributed by atoms with van der Waals surface area (Å²) in [6.45, 7) is 5.44. The van der Waals surface area contributed by atoms with Gasteiger partial charge >= 0.3 is 0 Å². The average molecular weight is 227 g/mol. The molecule has 1 aromatic carbocycles. The number of nitrogens with one attached hydrogen (secondary N) is 1. The maximum Gasteiger partial charge on any atom is 0.157 e. The van der Waals surface area contributed by atoms with Crippen LogP contribution in [-0.4, -0.2) is 10.8 Å². The number of H-pyrrole nitrogens is 1. The van der Waals surface area contributed by atoms with Crippen LogP contribution in [-0.2, 0) is 11.2 Å². The van der Waals surface area contributed by atoms with Crippen molar-refractivity contribution in [2.45, 2.75) is 26.2 Å². The van der Waals surface area contributed by atoms with Crippen LogP contribution in [0.4, 0.5) is 0 Å². The number of rotatable bonds is 5. The fraction of sp³-hybridized carbons (Fsp3) is 0.267. The van der Waals surface area contributed by atoms with Crippen LogP contribution in [0, 0.1) is 0 Å². The quantitative estimate of drug-likeness (QED) is 0.777. The van der Waals surface area contributed by atoms with Crippen LogP contribution in [0.15, 0.2) is 42.6 Å². The Morgan fingerprint density at radius 2 is 2.18 bits per heavy atom. The Balaban J connectivity index is 2.02. The number of carbonyl (C=O) groups excluding carboxylic acids is 1. The fourth-order valence-electron chi connectivity index (χ4n) is 2.02. The molecule has 2 nitrogen and oxygen atoms in total. The van der Waals surface area contributed by atoms with E-state index in [0.29, 0.717) is 12.0 Å². The first-order valence-electron chi connectivity index (χ1n) is 5.92. The number of Topliss-reactive ketones (excluding diaryl/α,β-unsaturated/α-hetero) is 1. The van der Waals surface area contributed by atoms with E-state index in [1.807, 2.05) is 6.20 Å². The van der Waals surface area contributed by atoms with Gasteiger partial charge in [-0.15, -0.1) is 0 Å². The molecule has 0 atom stereocenters. The molecule has 88 valence electrons. The van der Waals surface area contributed by atoms with Crippen molar-refractivity contribution in [2.24, 2.45) is 0 Å². The number of hydrogen-bond donors (Lipinski definition) is 1. The lowest BCUT2D eigenvalue weighted by Gasteiger charge is -2.03. The molecule has 0 aliphatic carbocycles. The summed E-state index contributed by atoms with van der Waals surface area (Å²) >= 11 is 0. The molecule has 0 spiro atoms. The van der Waals surface area contributed by atoms with Gasteiger partial charge in [-0.25, -0.2) is 0 Å². The summed E-state index contributed by atoms with van der Waals surface area (Å²) in [4.78, 5) is 14.6. The topological polar surface area (TPSA) is 32.9 Å². The molecular formula is C15H17NO. The van der Waals surface area contributed by atoms with Gasteiger partial charge in [-0.2, -0.15) is 0 Å². The standard InChI is InChI=1S/C15H17NO/c1-11(2)15(17)8-4-6-12-5-3-7-14-13(12)9-10-16-14/h3,5,7,9-10,16H,1,4,6,8H2,2H3. The van der Waals surface area contributed by atoms with Gasteiger partial charge in [0.2, 0.25) is 0 Å². The number of ketones is 1. The predicted molar refractivity (Wildman–Crippen MR) is 71.1 cm³/mol. The van der Waals surface area contributed by atoms with E-state index < -0.39 is 0 Å². The Morgan fingerprint density at radius 1 is 1.35 bits per heavy atom. The highest BCUT2D eigenvalue weighted by atomic mass is 16.1. The van der Waals surface area contributed by atoms with E-state index in [1.165, 1.54) is 10.9 Å². The minimum Gasteiger partial charge on any atom is -0.361 e. The second kappa shape index (κ2) is 5.00. The largest absolute Gasteiger partial charge is 0.361 e. The highest BCUT2D eigenvalue weighted by molar-refractivity contribution is 5.94. The summed E-state index contributed by atoms with van der Waals surface area (Å²) in [5.74, 6) is 0.172. The van der Waals surface area contributed by atoms with Crippen LogP contribution in [0.3, 0.4) is 0 Å². The summed E-state index contributed by atoms with van der Waals surface area (Å²) < 4.78 is 0. The third-order valence-electron chi connectivity index (χ3n) is 3.01. The lowest BCUT2D eigenvalue weighted by Crippen LogP contribution is -1.99. The van der Waals surface area contributed by atoms with Crippen LogP contribution < -0.4 is 0 Å². The van der Waals surface area contributed by atoms with E-state index in [0.717, 1.165) is 18.4 Å². The third kappa shape index (κ3) is 2.64. The molecule has 0 amide bonds. The number of benzene rings is 1. The van der Waals surface area contributed by atoms with Crippen molar-refractivity contribution in [1.29, 1.82) is 0 Å². The van der Waals surface area contributed by atoms with Gasteiger partial charge in [0, 0.05) is 23.5 Å². The third-order valence-corrected chi connectivity index (χ3v) is 3.01. The minimum atomic E-state index is 0.172. The molecule has 1 N–H and O–H groups in total. The molecule has 0 saturated heterocycles. The summed E-state index contributed by atoms with van der Waals surface area (Å²) in [5, 5.41) is 1.26.